The van der Waals surface area contributed by atoms with E-state index in [0.717, 1.165) is 5.56 Å². The number of benzene rings is 2. The fourth-order valence-electron chi connectivity index (χ4n) is 4.84. The fraction of sp³-hybridized carbons (Fsp3) is 0.480. The molecule has 4 rings (SSSR count). The highest BCUT2D eigenvalue weighted by Gasteiger charge is 2.44. The molecule has 2 fully saturated rings. The third kappa shape index (κ3) is 5.54. The molecule has 1 aliphatic heterocycles. The Morgan fingerprint density at radius 3 is 2.48 bits per heavy atom. The summed E-state index contributed by atoms with van der Waals surface area (Å²) in [6, 6.07) is 13.1. The molecule has 0 radical (unpaired) electrons. The molecule has 1 heterocycles. The summed E-state index contributed by atoms with van der Waals surface area (Å²) in [6.07, 6.45) is 0.389. The van der Waals surface area contributed by atoms with Gasteiger partial charge in [-0.25, -0.2) is 0 Å². The number of nitrogens with two attached hydrogens (primary N) is 1. The molecule has 2 aromatic carbocycles. The Morgan fingerprint density at radius 1 is 1.09 bits per heavy atom. The molecular formula is C25H33ClN2O5. The molecular weight excluding hydrogens is 444 g/mol. The zero-order valence-corrected chi connectivity index (χ0v) is 19.9. The van der Waals surface area contributed by atoms with Gasteiger partial charge in [-0.1, -0.05) is 23.8 Å². The van der Waals surface area contributed by atoms with Crippen molar-refractivity contribution in [2.45, 2.75) is 32.0 Å². The van der Waals surface area contributed by atoms with Crippen LogP contribution in [0.4, 0.5) is 0 Å². The highest BCUT2D eigenvalue weighted by Crippen LogP contribution is 2.40. The first kappa shape index (κ1) is 25.1. The van der Waals surface area contributed by atoms with Gasteiger partial charge in [0.1, 0.15) is 18.5 Å². The number of hydrogen-bond acceptors (Lipinski definition) is 6. The lowest BCUT2D eigenvalue weighted by Crippen LogP contribution is -2.42. The van der Waals surface area contributed by atoms with E-state index in [1.807, 2.05) is 54.3 Å². The molecule has 3 N–H and O–H groups in total. The number of hydrogen-bond donors (Lipinski definition) is 2. The first-order valence-electron chi connectivity index (χ1n) is 11.2. The van der Waals surface area contributed by atoms with Crippen molar-refractivity contribution in [2.75, 3.05) is 33.4 Å². The number of amides is 1. The highest BCUT2D eigenvalue weighted by atomic mass is 35.5. The fourth-order valence-corrected chi connectivity index (χ4v) is 4.84. The number of aliphatic hydroxyl groups excluding tert-OH is 1. The van der Waals surface area contributed by atoms with Gasteiger partial charge in [0.05, 0.1) is 18.8 Å². The average Bonchev–Trinajstić information content (AvgIpc) is 3.21. The molecule has 33 heavy (non-hydrogen) atoms. The summed E-state index contributed by atoms with van der Waals surface area (Å²) in [5, 5.41) is 10.8. The third-order valence-corrected chi connectivity index (χ3v) is 6.46. The Balaban J connectivity index is 0.00000306. The Bertz CT molecular complexity index is 956. The molecule has 8 heteroatoms. The van der Waals surface area contributed by atoms with E-state index in [1.54, 1.807) is 7.11 Å². The number of rotatable bonds is 7. The van der Waals surface area contributed by atoms with Gasteiger partial charge in [-0.3, -0.25) is 4.79 Å². The minimum absolute atomic E-state index is 0. The van der Waals surface area contributed by atoms with Gasteiger partial charge in [0, 0.05) is 19.6 Å². The van der Waals surface area contributed by atoms with E-state index in [1.165, 1.54) is 0 Å². The Labute approximate surface area is 201 Å². The summed E-state index contributed by atoms with van der Waals surface area (Å²) >= 11 is 0. The maximum Gasteiger partial charge on any atom is 0.257 e. The van der Waals surface area contributed by atoms with Crippen molar-refractivity contribution in [1.29, 1.82) is 0 Å². The van der Waals surface area contributed by atoms with Crippen molar-refractivity contribution < 1.29 is 24.1 Å². The molecule has 1 amide bonds. The molecule has 1 aliphatic carbocycles. The van der Waals surface area contributed by atoms with E-state index in [2.05, 4.69) is 0 Å². The summed E-state index contributed by atoms with van der Waals surface area (Å²) < 4.78 is 17.2. The van der Waals surface area contributed by atoms with Crippen LogP contribution in [-0.2, 0) is 0 Å². The van der Waals surface area contributed by atoms with Crippen LogP contribution in [0.25, 0.3) is 0 Å². The van der Waals surface area contributed by atoms with E-state index in [-0.39, 0.29) is 36.3 Å². The standard InChI is InChI=1S/C25H32N2O5.ClH/c1-16-7-8-21(31-10-9-26)19(11-16)25(29)27-14-17-12-20(28)24(13-18(17)15-27)32-23-6-4-3-5-22(23)30-2;/h3-8,11,17-18,20,24,28H,9-10,12-15,26H2,1-2H3;1H/t17-,18+,20+,24+;/m0./s1. The van der Waals surface area contributed by atoms with Crippen LogP contribution in [0, 0.1) is 18.8 Å². The lowest BCUT2D eigenvalue weighted by atomic mass is 9.78. The summed E-state index contributed by atoms with van der Waals surface area (Å²) in [5.41, 5.74) is 7.14. The van der Waals surface area contributed by atoms with Gasteiger partial charge in [-0.15, -0.1) is 12.4 Å². The number of carbonyl (C=O) groups is 1. The van der Waals surface area contributed by atoms with Crippen molar-refractivity contribution in [1.82, 2.24) is 4.90 Å². The van der Waals surface area contributed by atoms with E-state index < -0.39 is 6.10 Å². The number of aryl methyl sites for hydroxylation is 1. The summed E-state index contributed by atoms with van der Waals surface area (Å²) in [4.78, 5) is 15.3. The van der Waals surface area contributed by atoms with Crippen LogP contribution in [-0.4, -0.2) is 61.5 Å². The largest absolute Gasteiger partial charge is 0.493 e. The number of nitrogens with zero attached hydrogens (tertiary/aromatic N) is 1. The maximum absolute atomic E-state index is 13.4. The minimum atomic E-state index is -0.585. The van der Waals surface area contributed by atoms with Crippen LogP contribution >= 0.6 is 12.4 Å². The second kappa shape index (κ2) is 11.1. The number of halogens is 1. The van der Waals surface area contributed by atoms with Crippen LogP contribution < -0.4 is 19.9 Å². The number of methoxy groups -OCH3 is 1. The summed E-state index contributed by atoms with van der Waals surface area (Å²) in [7, 11) is 1.60. The van der Waals surface area contributed by atoms with Crippen molar-refractivity contribution in [3.05, 3.63) is 53.6 Å². The highest BCUT2D eigenvalue weighted by molar-refractivity contribution is 5.97. The second-order valence-electron chi connectivity index (χ2n) is 8.71. The molecule has 4 atom stereocenters. The van der Waals surface area contributed by atoms with Crippen LogP contribution in [0.3, 0.4) is 0 Å². The van der Waals surface area contributed by atoms with Gasteiger partial charge in [0.25, 0.3) is 5.91 Å². The monoisotopic (exact) mass is 476 g/mol. The topological polar surface area (TPSA) is 94.2 Å². The lowest BCUT2D eigenvalue weighted by molar-refractivity contribution is -0.0240. The van der Waals surface area contributed by atoms with Crippen molar-refractivity contribution in [3.8, 4) is 17.2 Å². The SMILES string of the molecule is COc1ccccc1O[C@@H]1C[C@@H]2CN(C(=O)c3cc(C)ccc3OCCN)C[C@@H]2C[C@H]1O.Cl. The van der Waals surface area contributed by atoms with E-state index in [4.69, 9.17) is 19.9 Å². The Hall–Kier alpha value is -2.48. The maximum atomic E-state index is 13.4. The smallest absolute Gasteiger partial charge is 0.257 e. The molecule has 180 valence electrons. The molecule has 2 aliphatic rings. The molecule has 2 aromatic rings. The van der Waals surface area contributed by atoms with E-state index in [0.29, 0.717) is 61.9 Å². The molecule has 1 saturated heterocycles. The van der Waals surface area contributed by atoms with E-state index >= 15 is 0 Å². The third-order valence-electron chi connectivity index (χ3n) is 6.46. The number of aliphatic hydroxyl groups is 1. The van der Waals surface area contributed by atoms with E-state index in [9.17, 15) is 9.90 Å². The van der Waals surface area contributed by atoms with Crippen LogP contribution in [0.1, 0.15) is 28.8 Å². The number of fused-ring (bicyclic) bond motifs is 1. The predicted octanol–water partition coefficient (Wildman–Crippen LogP) is 3.05. The quantitative estimate of drug-likeness (QED) is 0.637. The molecule has 0 spiro atoms. The van der Waals surface area contributed by atoms with Crippen LogP contribution in [0.5, 0.6) is 17.2 Å². The second-order valence-corrected chi connectivity index (χ2v) is 8.71. The number of ether oxygens (including phenoxy) is 3. The van der Waals surface area contributed by atoms with Gasteiger partial charge in [0.2, 0.25) is 0 Å². The average molecular weight is 477 g/mol. The number of likely N-dealkylation sites (tertiary alicyclic amines) is 1. The summed E-state index contributed by atoms with van der Waals surface area (Å²) in [5.74, 6) is 2.34. The summed E-state index contributed by atoms with van der Waals surface area (Å²) in [6.45, 7) is 3.99. The normalized spacial score (nSPS) is 23.9. The molecule has 1 saturated carbocycles. The Morgan fingerprint density at radius 2 is 1.79 bits per heavy atom. The molecule has 7 nitrogen and oxygen atoms in total. The zero-order chi connectivity index (χ0) is 22.7. The van der Waals surface area contributed by atoms with Crippen LogP contribution in [0.15, 0.2) is 42.5 Å². The first-order valence-corrected chi connectivity index (χ1v) is 11.2. The van der Waals surface area contributed by atoms with Crippen molar-refractivity contribution in [3.63, 3.8) is 0 Å². The lowest BCUT2D eigenvalue weighted by Gasteiger charge is -2.35. The van der Waals surface area contributed by atoms with Crippen LogP contribution in [0.2, 0.25) is 0 Å². The van der Waals surface area contributed by atoms with Gasteiger partial charge in [-0.05, 0) is 55.9 Å². The molecule has 0 aromatic heterocycles. The van der Waals surface area contributed by atoms with Gasteiger partial charge < -0.3 is 30.0 Å². The number of carbonyl (C=O) groups excluding carboxylic acids is 1. The predicted molar refractivity (Wildman–Crippen MR) is 129 cm³/mol. The van der Waals surface area contributed by atoms with Gasteiger partial charge >= 0.3 is 0 Å². The molecule has 0 unspecified atom stereocenters. The number of para-hydroxylation sites is 2. The van der Waals surface area contributed by atoms with Crippen molar-refractivity contribution in [2.24, 2.45) is 17.6 Å². The van der Waals surface area contributed by atoms with Gasteiger partial charge in [-0.2, -0.15) is 0 Å². The molecule has 0 bridgehead atoms. The Kier molecular flexibility index (Phi) is 8.46. The van der Waals surface area contributed by atoms with Gasteiger partial charge in [0.15, 0.2) is 11.5 Å². The first-order chi connectivity index (χ1) is 15.5. The minimum Gasteiger partial charge on any atom is -0.493 e. The zero-order valence-electron chi connectivity index (χ0n) is 19.1. The van der Waals surface area contributed by atoms with Crippen molar-refractivity contribution >= 4 is 18.3 Å².